The van der Waals surface area contributed by atoms with Crippen molar-refractivity contribution in [2.24, 2.45) is 0 Å². The van der Waals surface area contributed by atoms with E-state index in [1.807, 2.05) is 0 Å². The zero-order valence-electron chi connectivity index (χ0n) is 22.3. The van der Waals surface area contributed by atoms with Gasteiger partial charge in [0.15, 0.2) is 0 Å². The lowest BCUT2D eigenvalue weighted by atomic mass is 10.1. The van der Waals surface area contributed by atoms with Crippen LogP contribution in [0.4, 0.5) is 0 Å². The molecule has 0 aliphatic carbocycles. The van der Waals surface area contributed by atoms with Gasteiger partial charge in [-0.15, -0.1) is 0 Å². The Morgan fingerprint density at radius 3 is 1.50 bits per heavy atom. The Morgan fingerprint density at radius 2 is 0.941 bits per heavy atom. The molecule has 0 N–H and O–H groups in total. The number of ether oxygens (including phenoxy) is 7. The lowest BCUT2D eigenvalue weighted by Crippen LogP contribution is -2.45. The molecule has 0 amide bonds. The van der Waals surface area contributed by atoms with Crippen LogP contribution in [0.3, 0.4) is 0 Å². The Hall–Kier alpha value is -0.280. The average molecular weight is 491 g/mol. The molecule has 1 saturated heterocycles. The molecule has 0 aromatic rings. The zero-order valence-corrected chi connectivity index (χ0v) is 22.3. The van der Waals surface area contributed by atoms with E-state index in [1.54, 1.807) is 0 Å². The monoisotopic (exact) mass is 490 g/mol. The summed E-state index contributed by atoms with van der Waals surface area (Å²) in [6.45, 7) is 10.3. The largest absolute Gasteiger partial charge is 0.379 e. The molecular weight excluding hydrogens is 436 g/mol. The van der Waals surface area contributed by atoms with Crippen molar-refractivity contribution in [2.75, 3.05) is 72.7 Å². The SMILES string of the molecule is CCCCCCCCOC1(OCCCCCCCC)COCCCOCCOCCOCCO1. The Morgan fingerprint density at radius 1 is 0.500 bits per heavy atom. The molecule has 0 aromatic heterocycles. The third-order valence-corrected chi connectivity index (χ3v) is 5.79. The molecule has 0 unspecified atom stereocenters. The molecule has 0 saturated carbocycles. The molecule has 0 bridgehead atoms. The molecule has 1 rings (SSSR count). The Kier molecular flexibility index (Phi) is 22.8. The summed E-state index contributed by atoms with van der Waals surface area (Å²) in [7, 11) is 0. The standard InChI is InChI=1S/C27H54O7/c1-3-5-7-9-11-13-18-32-27(33-19-14-12-10-8-6-4-2)26-31-17-15-16-28-20-21-29-22-23-30-24-25-34-27/h3-26H2,1-2H3. The van der Waals surface area contributed by atoms with Crippen molar-refractivity contribution in [1.82, 2.24) is 0 Å². The molecule has 7 nitrogen and oxygen atoms in total. The molecule has 0 aromatic carbocycles. The lowest BCUT2D eigenvalue weighted by Gasteiger charge is -2.33. The second-order valence-electron chi connectivity index (χ2n) is 9.01. The van der Waals surface area contributed by atoms with Crippen LogP contribution in [0.25, 0.3) is 0 Å². The van der Waals surface area contributed by atoms with Gasteiger partial charge in [-0.05, 0) is 19.3 Å². The quantitative estimate of drug-likeness (QED) is 0.198. The van der Waals surface area contributed by atoms with E-state index in [0.717, 1.165) is 32.1 Å². The number of hydrogen-bond donors (Lipinski definition) is 0. The van der Waals surface area contributed by atoms with E-state index >= 15 is 0 Å². The summed E-state index contributed by atoms with van der Waals surface area (Å²) >= 11 is 0. The van der Waals surface area contributed by atoms with Gasteiger partial charge in [0.25, 0.3) is 0 Å². The van der Waals surface area contributed by atoms with Crippen LogP contribution in [-0.4, -0.2) is 78.6 Å². The fourth-order valence-corrected chi connectivity index (χ4v) is 3.73. The van der Waals surface area contributed by atoms with E-state index in [4.69, 9.17) is 33.2 Å². The van der Waals surface area contributed by atoms with Gasteiger partial charge < -0.3 is 33.2 Å². The molecular formula is C27H54O7. The van der Waals surface area contributed by atoms with Gasteiger partial charge in [0.1, 0.15) is 6.61 Å². The van der Waals surface area contributed by atoms with Crippen molar-refractivity contribution in [1.29, 1.82) is 0 Å². The Bertz CT molecular complexity index is 372. The van der Waals surface area contributed by atoms with Crippen LogP contribution in [0.2, 0.25) is 0 Å². The molecule has 1 fully saturated rings. The zero-order chi connectivity index (χ0) is 24.4. The summed E-state index contributed by atoms with van der Waals surface area (Å²) in [5.41, 5.74) is 0. The maximum absolute atomic E-state index is 6.25. The van der Waals surface area contributed by atoms with Gasteiger partial charge in [-0.3, -0.25) is 0 Å². The van der Waals surface area contributed by atoms with Gasteiger partial charge in [0, 0.05) is 13.2 Å². The van der Waals surface area contributed by atoms with Crippen LogP contribution < -0.4 is 0 Å². The van der Waals surface area contributed by atoms with Crippen molar-refractivity contribution in [3.63, 3.8) is 0 Å². The third kappa shape index (κ3) is 19.0. The van der Waals surface area contributed by atoms with Crippen LogP contribution >= 0.6 is 0 Å². The van der Waals surface area contributed by atoms with Crippen molar-refractivity contribution in [3.05, 3.63) is 0 Å². The van der Waals surface area contributed by atoms with Crippen LogP contribution in [0.1, 0.15) is 97.3 Å². The minimum atomic E-state index is -1.18. The fraction of sp³-hybridized carbons (Fsp3) is 1.00. The van der Waals surface area contributed by atoms with Gasteiger partial charge in [0.2, 0.25) is 0 Å². The van der Waals surface area contributed by atoms with Crippen LogP contribution in [0.5, 0.6) is 0 Å². The Labute approximate surface area is 209 Å². The molecule has 0 atom stereocenters. The normalized spacial score (nSPS) is 19.2. The average Bonchev–Trinajstić information content (AvgIpc) is 2.84. The molecule has 0 spiro atoms. The summed E-state index contributed by atoms with van der Waals surface area (Å²) < 4.78 is 41.3. The van der Waals surface area contributed by atoms with E-state index in [2.05, 4.69) is 13.8 Å². The predicted molar refractivity (Wildman–Crippen MR) is 135 cm³/mol. The summed E-state index contributed by atoms with van der Waals surface area (Å²) in [6.07, 6.45) is 15.3. The maximum atomic E-state index is 6.25. The first kappa shape index (κ1) is 31.7. The van der Waals surface area contributed by atoms with Crippen molar-refractivity contribution in [2.45, 2.75) is 103 Å². The van der Waals surface area contributed by atoms with Gasteiger partial charge in [-0.2, -0.15) is 0 Å². The number of hydrogen-bond acceptors (Lipinski definition) is 7. The van der Waals surface area contributed by atoms with Crippen LogP contribution in [0, 0.1) is 0 Å². The number of rotatable bonds is 16. The van der Waals surface area contributed by atoms with Crippen molar-refractivity contribution < 1.29 is 33.2 Å². The van der Waals surface area contributed by atoms with Gasteiger partial charge in [-0.1, -0.05) is 78.1 Å². The molecule has 1 heterocycles. The molecule has 1 aliphatic heterocycles. The van der Waals surface area contributed by atoms with E-state index < -0.39 is 5.97 Å². The third-order valence-electron chi connectivity index (χ3n) is 5.79. The highest BCUT2D eigenvalue weighted by Gasteiger charge is 2.34. The highest BCUT2D eigenvalue weighted by atomic mass is 16.9. The second kappa shape index (κ2) is 24.4. The Balaban J connectivity index is 2.56. The molecule has 34 heavy (non-hydrogen) atoms. The number of unbranched alkanes of at least 4 members (excludes halogenated alkanes) is 10. The molecule has 7 heteroatoms. The van der Waals surface area contributed by atoms with Crippen LogP contribution in [-0.2, 0) is 33.2 Å². The highest BCUT2D eigenvalue weighted by molar-refractivity contribution is 4.60. The topological polar surface area (TPSA) is 64.6 Å². The molecule has 0 radical (unpaired) electrons. The van der Waals surface area contributed by atoms with E-state index in [-0.39, 0.29) is 6.61 Å². The summed E-state index contributed by atoms with van der Waals surface area (Å²) in [5.74, 6) is -1.18. The lowest BCUT2D eigenvalue weighted by molar-refractivity contribution is -0.396. The smallest absolute Gasteiger partial charge is 0.307 e. The fourth-order valence-electron chi connectivity index (χ4n) is 3.73. The molecule has 1 aliphatic rings. The second-order valence-corrected chi connectivity index (χ2v) is 9.01. The minimum Gasteiger partial charge on any atom is -0.379 e. The van der Waals surface area contributed by atoms with Gasteiger partial charge in [-0.25, -0.2) is 0 Å². The minimum absolute atomic E-state index is 0.252. The molecule has 204 valence electrons. The summed E-state index contributed by atoms with van der Waals surface area (Å²) in [4.78, 5) is 0. The van der Waals surface area contributed by atoms with Crippen molar-refractivity contribution in [3.8, 4) is 0 Å². The first-order valence-corrected chi connectivity index (χ1v) is 14.1. The first-order valence-electron chi connectivity index (χ1n) is 14.1. The van der Waals surface area contributed by atoms with Gasteiger partial charge >= 0.3 is 5.97 Å². The van der Waals surface area contributed by atoms with Gasteiger partial charge in [0.05, 0.1) is 52.9 Å². The van der Waals surface area contributed by atoms with Crippen LogP contribution in [0.15, 0.2) is 0 Å². The maximum Gasteiger partial charge on any atom is 0.307 e. The predicted octanol–water partition coefficient (Wildman–Crippen LogP) is 5.88. The summed E-state index contributed by atoms with van der Waals surface area (Å²) in [5, 5.41) is 0. The van der Waals surface area contributed by atoms with E-state index in [0.29, 0.717) is 66.1 Å². The highest BCUT2D eigenvalue weighted by Crippen LogP contribution is 2.20. The first-order chi connectivity index (χ1) is 16.8. The van der Waals surface area contributed by atoms with E-state index in [9.17, 15) is 0 Å². The summed E-state index contributed by atoms with van der Waals surface area (Å²) in [6, 6.07) is 0. The van der Waals surface area contributed by atoms with E-state index in [1.165, 1.54) is 51.4 Å². The van der Waals surface area contributed by atoms with Crippen molar-refractivity contribution >= 4 is 0 Å².